The van der Waals surface area contributed by atoms with Gasteiger partial charge in [0.15, 0.2) is 6.10 Å². The number of ether oxygens (including phenoxy) is 3. The van der Waals surface area contributed by atoms with Crippen molar-refractivity contribution < 1.29 is 28.6 Å². The lowest BCUT2D eigenvalue weighted by Crippen LogP contribution is -2.30. The summed E-state index contributed by atoms with van der Waals surface area (Å²) in [5.74, 6) is -0.856. The van der Waals surface area contributed by atoms with Gasteiger partial charge >= 0.3 is 17.9 Å². The van der Waals surface area contributed by atoms with Gasteiger partial charge in [-0.1, -0.05) is 353 Å². The normalized spacial score (nSPS) is 12.2. The van der Waals surface area contributed by atoms with Gasteiger partial charge in [-0.25, -0.2) is 0 Å². The highest BCUT2D eigenvalue weighted by Crippen LogP contribution is 2.19. The zero-order chi connectivity index (χ0) is 59.2. The van der Waals surface area contributed by atoms with Crippen LogP contribution in [-0.2, 0) is 28.6 Å². The second kappa shape index (κ2) is 71.1. The molecule has 0 aliphatic heterocycles. The lowest BCUT2D eigenvalue weighted by atomic mass is 10.0. The maximum Gasteiger partial charge on any atom is 0.306 e. The predicted octanol–water partition coefficient (Wildman–Crippen LogP) is 25.5. The molecule has 0 spiro atoms. The van der Waals surface area contributed by atoms with Crippen LogP contribution in [0.25, 0.3) is 0 Å². The summed E-state index contributed by atoms with van der Waals surface area (Å²) in [5.41, 5.74) is 0. The third-order valence-corrected chi connectivity index (χ3v) is 16.9. The van der Waals surface area contributed by atoms with E-state index in [-0.39, 0.29) is 31.1 Å². The van der Waals surface area contributed by atoms with E-state index >= 15 is 0 Å². The van der Waals surface area contributed by atoms with E-state index in [1.165, 1.54) is 302 Å². The summed E-state index contributed by atoms with van der Waals surface area (Å²) in [5, 5.41) is 0. The topological polar surface area (TPSA) is 78.9 Å². The van der Waals surface area contributed by atoms with Crippen molar-refractivity contribution in [2.24, 2.45) is 0 Å². The first-order valence-corrected chi connectivity index (χ1v) is 37.0. The van der Waals surface area contributed by atoms with Crippen LogP contribution in [-0.4, -0.2) is 37.2 Å². The first-order chi connectivity index (χ1) is 40.5. The second-order valence-electron chi connectivity index (χ2n) is 25.2. The van der Waals surface area contributed by atoms with Crippen LogP contribution in [0.3, 0.4) is 0 Å². The smallest absolute Gasteiger partial charge is 0.306 e. The molecule has 0 aromatic heterocycles. The number of unbranched alkanes of at least 4 members (excludes halogenated alkanes) is 52. The summed E-state index contributed by atoms with van der Waals surface area (Å²) in [6, 6.07) is 0. The van der Waals surface area contributed by atoms with Gasteiger partial charge in [-0.3, -0.25) is 14.4 Å². The molecule has 82 heavy (non-hydrogen) atoms. The van der Waals surface area contributed by atoms with Crippen molar-refractivity contribution >= 4 is 17.9 Å². The van der Waals surface area contributed by atoms with Crippen molar-refractivity contribution in [1.29, 1.82) is 0 Å². The van der Waals surface area contributed by atoms with Crippen LogP contribution in [0, 0.1) is 0 Å². The van der Waals surface area contributed by atoms with E-state index in [1.54, 1.807) is 0 Å². The Hall–Kier alpha value is -2.37. The summed E-state index contributed by atoms with van der Waals surface area (Å²) >= 11 is 0. The van der Waals surface area contributed by atoms with Gasteiger partial charge in [0, 0.05) is 19.3 Å². The van der Waals surface area contributed by atoms with Crippen LogP contribution < -0.4 is 0 Å². The lowest BCUT2D eigenvalue weighted by Gasteiger charge is -2.18. The Bertz CT molecular complexity index is 1370. The maximum absolute atomic E-state index is 13.0. The zero-order valence-corrected chi connectivity index (χ0v) is 55.5. The molecule has 6 nitrogen and oxygen atoms in total. The number of esters is 3. The van der Waals surface area contributed by atoms with Crippen LogP contribution in [0.1, 0.15) is 412 Å². The molecule has 0 rings (SSSR count). The Morgan fingerprint density at radius 2 is 0.439 bits per heavy atom. The minimum atomic E-state index is -0.777. The van der Waals surface area contributed by atoms with Crippen molar-refractivity contribution in [2.45, 2.75) is 419 Å². The van der Waals surface area contributed by atoms with Crippen LogP contribution in [0.15, 0.2) is 36.5 Å². The second-order valence-corrected chi connectivity index (χ2v) is 25.2. The minimum absolute atomic E-state index is 0.0718. The van der Waals surface area contributed by atoms with E-state index in [0.29, 0.717) is 19.3 Å². The molecule has 0 aromatic rings. The molecule has 0 N–H and O–H groups in total. The fourth-order valence-electron chi connectivity index (χ4n) is 11.3. The van der Waals surface area contributed by atoms with Crippen molar-refractivity contribution in [3.8, 4) is 0 Å². The number of carbonyl (C=O) groups is 3. The standard InChI is InChI=1S/C76H142O6/c1-4-7-10-13-16-19-22-25-28-30-32-34-35-36-37-38-39-40-41-43-44-46-48-51-54-57-60-63-66-69-75(78)81-72-73(71-80-74(77)68-65-62-59-56-53-50-27-24-21-18-15-12-9-6-3)82-76(79)70-67-64-61-58-55-52-49-47-45-42-33-31-29-26-23-20-17-14-11-8-5-2/h23-24,26-27,31,33,73H,4-22,25,28-30,32,34-72H2,1-3H3/b26-23-,27-24-,33-31-. The Balaban J connectivity index is 4.20. The minimum Gasteiger partial charge on any atom is -0.462 e. The summed E-state index contributed by atoms with van der Waals surface area (Å²) in [6.07, 6.45) is 89.0. The van der Waals surface area contributed by atoms with E-state index in [0.717, 1.165) is 70.6 Å². The molecule has 0 heterocycles. The van der Waals surface area contributed by atoms with Crippen LogP contribution >= 0.6 is 0 Å². The van der Waals surface area contributed by atoms with Crippen molar-refractivity contribution in [3.63, 3.8) is 0 Å². The number of carbonyl (C=O) groups excluding carboxylic acids is 3. The van der Waals surface area contributed by atoms with Crippen molar-refractivity contribution in [3.05, 3.63) is 36.5 Å². The molecule has 0 aliphatic rings. The highest BCUT2D eigenvalue weighted by molar-refractivity contribution is 5.71. The van der Waals surface area contributed by atoms with E-state index in [1.807, 2.05) is 0 Å². The van der Waals surface area contributed by atoms with E-state index in [4.69, 9.17) is 14.2 Å². The van der Waals surface area contributed by atoms with Gasteiger partial charge in [-0.2, -0.15) is 0 Å². The maximum atomic E-state index is 13.0. The molecule has 482 valence electrons. The Morgan fingerprint density at radius 3 is 0.683 bits per heavy atom. The average Bonchev–Trinajstić information content (AvgIpc) is 3.47. The SMILES string of the molecule is CCCCCCC/C=C\C/C=C\CCCCCCCCCCCC(=O)OC(COC(=O)CCCCCCC/C=C\CCCCCCC)COC(=O)CCCCCCCCCCCCCCCCCCCCCCCCCCCCCCC. The highest BCUT2D eigenvalue weighted by atomic mass is 16.6. The molecular weight excluding hydrogens is 1010 g/mol. The van der Waals surface area contributed by atoms with Crippen LogP contribution in [0.2, 0.25) is 0 Å². The van der Waals surface area contributed by atoms with Gasteiger partial charge in [0.25, 0.3) is 0 Å². The van der Waals surface area contributed by atoms with Crippen LogP contribution in [0.4, 0.5) is 0 Å². The Labute approximate surface area is 512 Å². The van der Waals surface area contributed by atoms with Gasteiger partial charge in [0.1, 0.15) is 13.2 Å². The third-order valence-electron chi connectivity index (χ3n) is 16.9. The largest absolute Gasteiger partial charge is 0.462 e. The fourth-order valence-corrected chi connectivity index (χ4v) is 11.3. The summed E-state index contributed by atoms with van der Waals surface area (Å²) in [4.78, 5) is 38.5. The number of hydrogen-bond donors (Lipinski definition) is 0. The molecule has 0 saturated heterocycles. The van der Waals surface area contributed by atoms with Gasteiger partial charge in [-0.05, 0) is 77.0 Å². The Kier molecular flexibility index (Phi) is 69.1. The van der Waals surface area contributed by atoms with Crippen molar-refractivity contribution in [1.82, 2.24) is 0 Å². The molecule has 0 aliphatic carbocycles. The first-order valence-electron chi connectivity index (χ1n) is 37.0. The predicted molar refractivity (Wildman–Crippen MR) is 358 cm³/mol. The fraction of sp³-hybridized carbons (Fsp3) is 0.882. The van der Waals surface area contributed by atoms with E-state index in [2.05, 4.69) is 57.2 Å². The molecule has 1 atom stereocenters. The first kappa shape index (κ1) is 79.6. The molecular formula is C76H142O6. The number of allylic oxidation sites excluding steroid dienone is 6. The quantitative estimate of drug-likeness (QED) is 0.0261. The molecule has 6 heteroatoms. The highest BCUT2D eigenvalue weighted by Gasteiger charge is 2.19. The average molecular weight is 1150 g/mol. The molecule has 0 saturated carbocycles. The van der Waals surface area contributed by atoms with Gasteiger partial charge in [0.2, 0.25) is 0 Å². The van der Waals surface area contributed by atoms with Gasteiger partial charge < -0.3 is 14.2 Å². The van der Waals surface area contributed by atoms with Crippen molar-refractivity contribution in [2.75, 3.05) is 13.2 Å². The molecule has 0 bridgehead atoms. The number of rotatable bonds is 69. The molecule has 1 unspecified atom stereocenters. The molecule has 0 amide bonds. The molecule has 0 aromatic carbocycles. The third kappa shape index (κ3) is 68.4. The zero-order valence-electron chi connectivity index (χ0n) is 55.5. The molecule has 0 radical (unpaired) electrons. The lowest BCUT2D eigenvalue weighted by molar-refractivity contribution is -0.167. The van der Waals surface area contributed by atoms with E-state index < -0.39 is 6.10 Å². The molecule has 0 fully saturated rings. The summed E-state index contributed by atoms with van der Waals surface area (Å²) in [6.45, 7) is 6.69. The monoisotopic (exact) mass is 1150 g/mol. The van der Waals surface area contributed by atoms with E-state index in [9.17, 15) is 14.4 Å². The van der Waals surface area contributed by atoms with Gasteiger partial charge in [0.05, 0.1) is 0 Å². The van der Waals surface area contributed by atoms with Gasteiger partial charge in [-0.15, -0.1) is 0 Å². The van der Waals surface area contributed by atoms with Crippen LogP contribution in [0.5, 0.6) is 0 Å². The summed E-state index contributed by atoms with van der Waals surface area (Å²) in [7, 11) is 0. The summed E-state index contributed by atoms with van der Waals surface area (Å²) < 4.78 is 17.0. The Morgan fingerprint density at radius 1 is 0.244 bits per heavy atom. The number of hydrogen-bond acceptors (Lipinski definition) is 6.